The summed E-state index contributed by atoms with van der Waals surface area (Å²) in [6, 6.07) is 71.5. The molecule has 0 saturated heterocycles. The molecule has 0 radical (unpaired) electrons. The third kappa shape index (κ3) is 4.92. The van der Waals surface area contributed by atoms with Gasteiger partial charge < -0.3 is 13.7 Å². The number of furan rings is 2. The van der Waals surface area contributed by atoms with E-state index in [1.54, 1.807) is 0 Å². The van der Waals surface area contributed by atoms with Crippen LogP contribution in [0.1, 0.15) is 0 Å². The molecule has 2 aromatic heterocycles. The van der Waals surface area contributed by atoms with Crippen LogP contribution in [0.2, 0.25) is 0 Å². The van der Waals surface area contributed by atoms with Gasteiger partial charge in [0, 0.05) is 55.1 Å². The van der Waals surface area contributed by atoms with Crippen LogP contribution in [0.25, 0.3) is 98.4 Å². The van der Waals surface area contributed by atoms with Crippen LogP contribution in [0.5, 0.6) is 0 Å². The van der Waals surface area contributed by atoms with Gasteiger partial charge in [-0.2, -0.15) is 0 Å². The summed E-state index contributed by atoms with van der Waals surface area (Å²) in [5.74, 6) is 0. The summed E-state index contributed by atoms with van der Waals surface area (Å²) in [7, 11) is 0. The Morgan fingerprint density at radius 1 is 0.298 bits per heavy atom. The summed E-state index contributed by atoms with van der Waals surface area (Å²) in [6.07, 6.45) is 0. The van der Waals surface area contributed by atoms with Crippen LogP contribution in [0.3, 0.4) is 0 Å². The first-order chi connectivity index (χ1) is 28.3. The van der Waals surface area contributed by atoms with Gasteiger partial charge in [-0.15, -0.1) is 0 Å². The highest BCUT2D eigenvalue weighted by Gasteiger charge is 2.23. The molecule has 0 aliphatic heterocycles. The summed E-state index contributed by atoms with van der Waals surface area (Å²) < 4.78 is 13.5. The minimum Gasteiger partial charge on any atom is -0.455 e. The SMILES string of the molecule is c1ccc(-c2cc(N(c3ccc(-c4cccc5c4oc4ccccc45)cc3)c3ccc4ccccc4c3)cc3c2oc2c4ccccc4c4ccccc4c32)cc1. The molecule has 3 heteroatoms. The van der Waals surface area contributed by atoms with Gasteiger partial charge >= 0.3 is 0 Å². The molecule has 0 fully saturated rings. The van der Waals surface area contributed by atoms with Gasteiger partial charge in [-0.3, -0.25) is 0 Å². The Morgan fingerprint density at radius 2 is 0.895 bits per heavy atom. The highest BCUT2D eigenvalue weighted by Crippen LogP contribution is 2.48. The number of anilines is 3. The number of para-hydroxylation sites is 2. The molecule has 0 aliphatic carbocycles. The van der Waals surface area contributed by atoms with Crippen LogP contribution in [-0.2, 0) is 0 Å². The van der Waals surface area contributed by atoms with Crippen molar-refractivity contribution < 1.29 is 8.83 Å². The van der Waals surface area contributed by atoms with Crippen molar-refractivity contribution in [3.8, 4) is 22.3 Å². The van der Waals surface area contributed by atoms with Crippen molar-refractivity contribution in [2.24, 2.45) is 0 Å². The first-order valence-corrected chi connectivity index (χ1v) is 19.4. The Labute approximate surface area is 328 Å². The number of nitrogens with zero attached hydrogens (tertiary/aromatic N) is 1. The van der Waals surface area contributed by atoms with Crippen LogP contribution in [0.15, 0.2) is 209 Å². The lowest BCUT2D eigenvalue weighted by atomic mass is 9.95. The number of hydrogen-bond donors (Lipinski definition) is 0. The van der Waals surface area contributed by atoms with Crippen molar-refractivity contribution >= 4 is 93.3 Å². The largest absolute Gasteiger partial charge is 0.455 e. The van der Waals surface area contributed by atoms with E-state index in [1.807, 2.05) is 12.1 Å². The fourth-order valence-electron chi connectivity index (χ4n) is 8.98. The molecular formula is C54H33NO2. The summed E-state index contributed by atoms with van der Waals surface area (Å²) in [6.45, 7) is 0. The maximum atomic E-state index is 7.06. The van der Waals surface area contributed by atoms with Gasteiger partial charge in [0.1, 0.15) is 22.3 Å². The zero-order chi connectivity index (χ0) is 37.5. The Morgan fingerprint density at radius 3 is 1.72 bits per heavy atom. The van der Waals surface area contributed by atoms with Gasteiger partial charge in [-0.05, 0) is 80.5 Å². The zero-order valence-corrected chi connectivity index (χ0v) is 30.8. The van der Waals surface area contributed by atoms with Crippen molar-refractivity contribution in [3.05, 3.63) is 200 Å². The second-order valence-corrected chi connectivity index (χ2v) is 14.8. The monoisotopic (exact) mass is 727 g/mol. The molecule has 266 valence electrons. The molecule has 10 aromatic carbocycles. The van der Waals surface area contributed by atoms with Crippen molar-refractivity contribution in [2.45, 2.75) is 0 Å². The minimum absolute atomic E-state index is 0.884. The molecule has 0 amide bonds. The molecule has 0 N–H and O–H groups in total. The average Bonchev–Trinajstić information content (AvgIpc) is 3.86. The Hall–Kier alpha value is -7.62. The molecule has 0 bridgehead atoms. The first kappa shape index (κ1) is 31.7. The molecule has 3 nitrogen and oxygen atoms in total. The van der Waals surface area contributed by atoms with Crippen molar-refractivity contribution in [1.82, 2.24) is 0 Å². The van der Waals surface area contributed by atoms with Gasteiger partial charge in [-0.25, -0.2) is 0 Å². The van der Waals surface area contributed by atoms with Gasteiger partial charge in [-0.1, -0.05) is 158 Å². The predicted octanol–water partition coefficient (Wildman–Crippen LogP) is 15.7. The van der Waals surface area contributed by atoms with Crippen LogP contribution >= 0.6 is 0 Å². The van der Waals surface area contributed by atoms with E-state index in [2.05, 4.69) is 193 Å². The predicted molar refractivity (Wildman–Crippen MR) is 239 cm³/mol. The molecule has 0 atom stereocenters. The normalized spacial score (nSPS) is 11.9. The van der Waals surface area contributed by atoms with Crippen molar-refractivity contribution in [3.63, 3.8) is 0 Å². The second-order valence-electron chi connectivity index (χ2n) is 14.8. The van der Waals surface area contributed by atoms with E-state index >= 15 is 0 Å². The van der Waals surface area contributed by atoms with Gasteiger partial charge in [0.2, 0.25) is 0 Å². The van der Waals surface area contributed by atoms with Crippen LogP contribution in [0, 0.1) is 0 Å². The summed E-state index contributed by atoms with van der Waals surface area (Å²) in [4.78, 5) is 2.38. The molecule has 0 unspecified atom stereocenters. The highest BCUT2D eigenvalue weighted by molar-refractivity contribution is 6.31. The van der Waals surface area contributed by atoms with Crippen LogP contribution in [-0.4, -0.2) is 0 Å². The fraction of sp³-hybridized carbons (Fsp3) is 0. The third-order valence-electron chi connectivity index (χ3n) is 11.6. The summed E-state index contributed by atoms with van der Waals surface area (Å²) in [5.41, 5.74) is 11.1. The molecule has 57 heavy (non-hydrogen) atoms. The van der Waals surface area contributed by atoms with E-state index in [4.69, 9.17) is 8.83 Å². The first-order valence-electron chi connectivity index (χ1n) is 19.4. The maximum Gasteiger partial charge on any atom is 0.143 e. The van der Waals surface area contributed by atoms with E-state index < -0.39 is 0 Å². The van der Waals surface area contributed by atoms with E-state index in [9.17, 15) is 0 Å². The third-order valence-corrected chi connectivity index (χ3v) is 11.6. The molecular weight excluding hydrogens is 695 g/mol. The molecule has 2 heterocycles. The van der Waals surface area contributed by atoms with E-state index in [1.165, 1.54) is 26.9 Å². The van der Waals surface area contributed by atoms with Gasteiger partial charge in [0.15, 0.2) is 0 Å². The van der Waals surface area contributed by atoms with Crippen molar-refractivity contribution in [2.75, 3.05) is 4.90 Å². The van der Waals surface area contributed by atoms with E-state index in [-0.39, 0.29) is 0 Å². The standard InChI is InChI=1S/C54H33NO2/c1-2-14-35(15-3-1)48-32-40(33-49-51-45-20-8-6-17-42(45)43-18-7-9-21-46(43)54(51)57-53(48)49)55(39-30-25-34-13-4-5-16-37(34)31-39)38-28-26-36(27-29-38)41-22-12-23-47-44-19-10-11-24-50(44)56-52(41)47/h1-33H. The Bertz CT molecular complexity index is 3520. The van der Waals surface area contributed by atoms with Crippen LogP contribution < -0.4 is 4.90 Å². The minimum atomic E-state index is 0.884. The van der Waals surface area contributed by atoms with Crippen LogP contribution in [0.4, 0.5) is 17.1 Å². The quantitative estimate of drug-likeness (QED) is 0.165. The molecule has 12 rings (SSSR count). The highest BCUT2D eigenvalue weighted by atomic mass is 16.3. The zero-order valence-electron chi connectivity index (χ0n) is 30.8. The Balaban J connectivity index is 1.13. The fourth-order valence-corrected chi connectivity index (χ4v) is 8.98. The summed E-state index contributed by atoms with van der Waals surface area (Å²) in [5, 5.41) is 11.6. The van der Waals surface area contributed by atoms with E-state index in [0.717, 1.165) is 88.6 Å². The average molecular weight is 728 g/mol. The maximum absolute atomic E-state index is 7.06. The lowest BCUT2D eigenvalue weighted by Gasteiger charge is -2.27. The molecule has 0 spiro atoms. The lowest BCUT2D eigenvalue weighted by molar-refractivity contribution is 0.670. The topological polar surface area (TPSA) is 29.5 Å². The molecule has 0 saturated carbocycles. The lowest BCUT2D eigenvalue weighted by Crippen LogP contribution is -2.10. The van der Waals surface area contributed by atoms with Gasteiger partial charge in [0.25, 0.3) is 0 Å². The number of fused-ring (bicyclic) bond motifs is 12. The molecule has 0 aliphatic rings. The second kappa shape index (κ2) is 12.5. The summed E-state index contributed by atoms with van der Waals surface area (Å²) >= 11 is 0. The Kier molecular flexibility index (Phi) is 6.93. The number of rotatable bonds is 5. The van der Waals surface area contributed by atoms with E-state index in [0.29, 0.717) is 0 Å². The van der Waals surface area contributed by atoms with Crippen molar-refractivity contribution in [1.29, 1.82) is 0 Å². The molecule has 12 aromatic rings. The number of benzene rings is 10. The smallest absolute Gasteiger partial charge is 0.143 e. The number of hydrogen-bond acceptors (Lipinski definition) is 3. The van der Waals surface area contributed by atoms with Gasteiger partial charge in [0.05, 0.1) is 0 Å².